The molecule has 1 aromatic rings. The fourth-order valence-electron chi connectivity index (χ4n) is 5.10. The van der Waals surface area contributed by atoms with Gasteiger partial charge in [-0.15, -0.1) is 0 Å². The summed E-state index contributed by atoms with van der Waals surface area (Å²) in [6.45, 7) is 10.4. The molecule has 1 N–H and O–H groups in total. The molecule has 3 heteroatoms. The average Bonchev–Trinajstić information content (AvgIpc) is 3.22. The molecule has 3 nitrogen and oxygen atoms in total. The molecule has 4 rings (SSSR count). The van der Waals surface area contributed by atoms with Gasteiger partial charge in [-0.3, -0.25) is 4.90 Å². The molecular formula is C22H34N2O. The molecule has 0 saturated carbocycles. The second-order valence-corrected chi connectivity index (χ2v) is 8.84. The maximum Gasteiger partial charge on any atom is 0.120 e. The van der Waals surface area contributed by atoms with Gasteiger partial charge in [0.25, 0.3) is 0 Å². The highest BCUT2D eigenvalue weighted by atomic mass is 16.5. The third kappa shape index (κ3) is 3.33. The Labute approximate surface area is 153 Å². The van der Waals surface area contributed by atoms with Crippen molar-refractivity contribution >= 4 is 0 Å². The summed E-state index contributed by atoms with van der Waals surface area (Å²) < 4.78 is 6.37. The van der Waals surface area contributed by atoms with Gasteiger partial charge >= 0.3 is 0 Å². The van der Waals surface area contributed by atoms with Crippen LogP contribution in [0.2, 0.25) is 0 Å². The summed E-state index contributed by atoms with van der Waals surface area (Å²) in [7, 11) is 0. The first kappa shape index (κ1) is 17.4. The van der Waals surface area contributed by atoms with Crippen LogP contribution in [-0.4, -0.2) is 36.7 Å². The molecule has 0 spiro atoms. The summed E-state index contributed by atoms with van der Waals surface area (Å²) in [5.74, 6) is 1.06. The predicted octanol–water partition coefficient (Wildman–Crippen LogP) is 4.32. The molecule has 25 heavy (non-hydrogen) atoms. The minimum atomic E-state index is 0.250. The van der Waals surface area contributed by atoms with Gasteiger partial charge in [-0.2, -0.15) is 0 Å². The molecule has 1 aromatic carbocycles. The summed E-state index contributed by atoms with van der Waals surface area (Å²) in [4.78, 5) is 2.75. The highest BCUT2D eigenvalue weighted by molar-refractivity contribution is 5.41. The van der Waals surface area contributed by atoms with Crippen molar-refractivity contribution in [3.8, 4) is 5.75 Å². The molecule has 0 amide bonds. The smallest absolute Gasteiger partial charge is 0.120 e. The first-order valence-electron chi connectivity index (χ1n) is 10.3. The maximum absolute atomic E-state index is 6.37. The number of rotatable bonds is 4. The Balaban J connectivity index is 1.47. The molecule has 4 unspecified atom stereocenters. The van der Waals surface area contributed by atoms with Crippen molar-refractivity contribution in [3.05, 3.63) is 29.3 Å². The van der Waals surface area contributed by atoms with Crippen LogP contribution in [0, 0.1) is 5.41 Å². The predicted molar refractivity (Wildman–Crippen MR) is 103 cm³/mol. The van der Waals surface area contributed by atoms with Gasteiger partial charge in [-0.1, -0.05) is 19.4 Å². The number of aryl methyl sites for hydroxylation is 1. The quantitative estimate of drug-likeness (QED) is 0.882. The summed E-state index contributed by atoms with van der Waals surface area (Å²) in [6.07, 6.45) is 8.05. The van der Waals surface area contributed by atoms with Crippen LogP contribution in [0.15, 0.2) is 18.2 Å². The normalized spacial score (nSPS) is 34.0. The molecule has 2 heterocycles. The van der Waals surface area contributed by atoms with E-state index in [0.717, 1.165) is 24.9 Å². The summed E-state index contributed by atoms with van der Waals surface area (Å²) in [5, 5.41) is 3.48. The number of nitrogens with one attached hydrogen (secondary N) is 1. The summed E-state index contributed by atoms with van der Waals surface area (Å²) in [5.41, 5.74) is 3.33. The fraction of sp³-hybridized carbons (Fsp3) is 0.727. The van der Waals surface area contributed by atoms with Crippen LogP contribution in [0.5, 0.6) is 5.75 Å². The molecule has 2 fully saturated rings. The Hall–Kier alpha value is -1.06. The maximum atomic E-state index is 6.37. The van der Waals surface area contributed by atoms with E-state index in [9.17, 15) is 0 Å². The first-order chi connectivity index (χ1) is 12.1. The number of likely N-dealkylation sites (tertiary alicyclic amines) is 1. The van der Waals surface area contributed by atoms with Crippen molar-refractivity contribution in [2.24, 2.45) is 5.41 Å². The standard InChI is InChI=1S/C22H34N2O/c1-16-6-4-5-13-24(16)21-10-7-18-14-19(8-9-20(18)21)25-17(2)22(3)11-12-23-15-22/h8-9,14,16-17,21,23H,4-7,10-13,15H2,1-3H3. The number of hydrogen-bond acceptors (Lipinski definition) is 3. The molecule has 1 aliphatic carbocycles. The van der Waals surface area contributed by atoms with Gasteiger partial charge in [0, 0.05) is 24.0 Å². The lowest BCUT2D eigenvalue weighted by atomic mass is 9.84. The highest BCUT2D eigenvalue weighted by Crippen LogP contribution is 2.41. The lowest BCUT2D eigenvalue weighted by molar-refractivity contribution is 0.0897. The van der Waals surface area contributed by atoms with Crippen LogP contribution in [0.4, 0.5) is 0 Å². The van der Waals surface area contributed by atoms with E-state index in [-0.39, 0.29) is 11.5 Å². The summed E-state index contributed by atoms with van der Waals surface area (Å²) in [6, 6.07) is 8.26. The van der Waals surface area contributed by atoms with E-state index in [1.165, 1.54) is 50.6 Å². The van der Waals surface area contributed by atoms with E-state index in [1.54, 1.807) is 5.56 Å². The number of piperidine rings is 1. The molecule has 0 aromatic heterocycles. The lowest BCUT2D eigenvalue weighted by Crippen LogP contribution is -2.39. The van der Waals surface area contributed by atoms with E-state index in [2.05, 4.69) is 49.2 Å². The minimum Gasteiger partial charge on any atom is -0.490 e. The van der Waals surface area contributed by atoms with Crippen molar-refractivity contribution in [3.63, 3.8) is 0 Å². The molecule has 138 valence electrons. The molecule has 4 atom stereocenters. The zero-order chi connectivity index (χ0) is 17.4. The minimum absolute atomic E-state index is 0.250. The van der Waals surface area contributed by atoms with Gasteiger partial charge in [-0.05, 0) is 82.3 Å². The fourth-order valence-corrected chi connectivity index (χ4v) is 5.10. The number of ether oxygens (including phenoxy) is 1. The second-order valence-electron chi connectivity index (χ2n) is 8.84. The zero-order valence-electron chi connectivity index (χ0n) is 16.2. The third-order valence-corrected chi connectivity index (χ3v) is 7.11. The first-order valence-corrected chi connectivity index (χ1v) is 10.3. The Bertz CT molecular complexity index is 608. The number of nitrogens with zero attached hydrogens (tertiary/aromatic N) is 1. The molecule has 0 radical (unpaired) electrons. The van der Waals surface area contributed by atoms with Gasteiger partial charge in [0.05, 0.1) is 0 Å². The van der Waals surface area contributed by atoms with Crippen LogP contribution in [0.3, 0.4) is 0 Å². The Morgan fingerprint density at radius 3 is 2.92 bits per heavy atom. The zero-order valence-corrected chi connectivity index (χ0v) is 16.2. The van der Waals surface area contributed by atoms with Gasteiger partial charge in [0.15, 0.2) is 0 Å². The van der Waals surface area contributed by atoms with Crippen molar-refractivity contribution in [2.45, 2.75) is 77.5 Å². The summed E-state index contributed by atoms with van der Waals surface area (Å²) >= 11 is 0. The number of benzene rings is 1. The van der Waals surface area contributed by atoms with Crippen molar-refractivity contribution in [1.29, 1.82) is 0 Å². The Kier molecular flexibility index (Phi) is 4.81. The average molecular weight is 343 g/mol. The SMILES string of the molecule is CC1CCCCN1C1CCc2cc(OC(C)C3(C)CCNC3)ccc21. The van der Waals surface area contributed by atoms with Gasteiger partial charge in [0.1, 0.15) is 11.9 Å². The third-order valence-electron chi connectivity index (χ3n) is 7.11. The topological polar surface area (TPSA) is 24.5 Å². The van der Waals surface area contributed by atoms with Gasteiger partial charge < -0.3 is 10.1 Å². The van der Waals surface area contributed by atoms with E-state index in [0.29, 0.717) is 6.04 Å². The van der Waals surface area contributed by atoms with Crippen LogP contribution in [0.1, 0.15) is 70.0 Å². The van der Waals surface area contributed by atoms with E-state index < -0.39 is 0 Å². The molecule has 2 saturated heterocycles. The van der Waals surface area contributed by atoms with E-state index >= 15 is 0 Å². The van der Waals surface area contributed by atoms with E-state index in [4.69, 9.17) is 4.74 Å². The highest BCUT2D eigenvalue weighted by Gasteiger charge is 2.36. The van der Waals surface area contributed by atoms with Gasteiger partial charge in [-0.25, -0.2) is 0 Å². The Morgan fingerprint density at radius 2 is 2.16 bits per heavy atom. The van der Waals surface area contributed by atoms with Crippen LogP contribution in [0.25, 0.3) is 0 Å². The monoisotopic (exact) mass is 342 g/mol. The van der Waals surface area contributed by atoms with E-state index in [1.807, 2.05) is 0 Å². The molecule has 3 aliphatic rings. The van der Waals surface area contributed by atoms with Crippen molar-refractivity contribution < 1.29 is 4.74 Å². The molecular weight excluding hydrogens is 308 g/mol. The number of fused-ring (bicyclic) bond motifs is 1. The van der Waals surface area contributed by atoms with Crippen LogP contribution >= 0.6 is 0 Å². The molecule has 2 aliphatic heterocycles. The van der Waals surface area contributed by atoms with Crippen LogP contribution in [-0.2, 0) is 6.42 Å². The van der Waals surface area contributed by atoms with Crippen molar-refractivity contribution in [2.75, 3.05) is 19.6 Å². The molecule has 0 bridgehead atoms. The largest absolute Gasteiger partial charge is 0.490 e. The van der Waals surface area contributed by atoms with Gasteiger partial charge in [0.2, 0.25) is 0 Å². The second kappa shape index (κ2) is 6.92. The Morgan fingerprint density at radius 1 is 1.28 bits per heavy atom. The lowest BCUT2D eigenvalue weighted by Gasteiger charge is -2.38. The van der Waals surface area contributed by atoms with Crippen LogP contribution < -0.4 is 10.1 Å². The number of hydrogen-bond donors (Lipinski definition) is 1. The van der Waals surface area contributed by atoms with Crippen molar-refractivity contribution in [1.82, 2.24) is 10.2 Å².